The number of nitrogens with zero attached hydrogens (tertiary/aromatic N) is 3. The van der Waals surface area contributed by atoms with Gasteiger partial charge in [0.05, 0.1) is 22.9 Å². The van der Waals surface area contributed by atoms with Crippen molar-refractivity contribution in [3.8, 4) is 11.5 Å². The number of nitrogens with one attached hydrogen (secondary N) is 1. The van der Waals surface area contributed by atoms with E-state index in [0.29, 0.717) is 59.7 Å². The number of rotatable bonds is 6. The highest BCUT2D eigenvalue weighted by atomic mass is 16.5. The smallest absolute Gasteiger partial charge is 0.259 e. The van der Waals surface area contributed by atoms with Gasteiger partial charge in [0.1, 0.15) is 5.69 Å². The molecule has 0 radical (unpaired) electrons. The van der Waals surface area contributed by atoms with Gasteiger partial charge in [-0.15, -0.1) is 0 Å². The highest BCUT2D eigenvalue weighted by Gasteiger charge is 2.21. The van der Waals surface area contributed by atoms with Gasteiger partial charge in [-0.1, -0.05) is 5.16 Å². The van der Waals surface area contributed by atoms with Gasteiger partial charge in [-0.05, 0) is 38.0 Å². The summed E-state index contributed by atoms with van der Waals surface area (Å²) in [4.78, 5) is 30.6. The van der Waals surface area contributed by atoms with E-state index in [4.69, 9.17) is 8.94 Å². The number of carbonyl (C=O) groups excluding carboxylic acids is 2. The van der Waals surface area contributed by atoms with Crippen LogP contribution in [0.3, 0.4) is 0 Å². The van der Waals surface area contributed by atoms with Crippen LogP contribution in [0.25, 0.3) is 22.6 Å². The summed E-state index contributed by atoms with van der Waals surface area (Å²) in [6.07, 6.45) is 3.80. The van der Waals surface area contributed by atoms with Crippen LogP contribution in [0.4, 0.5) is 0 Å². The molecule has 3 aromatic heterocycles. The summed E-state index contributed by atoms with van der Waals surface area (Å²) in [5.41, 5.74) is 1.87. The number of furan rings is 1. The Morgan fingerprint density at radius 2 is 2.30 bits per heavy atom. The van der Waals surface area contributed by atoms with Crippen LogP contribution in [0.1, 0.15) is 35.3 Å². The van der Waals surface area contributed by atoms with Crippen LogP contribution in [-0.2, 0) is 4.79 Å². The molecule has 1 fully saturated rings. The molecule has 4 heterocycles. The Kier molecular flexibility index (Phi) is 4.62. The van der Waals surface area contributed by atoms with Gasteiger partial charge < -0.3 is 19.2 Å². The monoisotopic (exact) mass is 368 g/mol. The first-order valence-corrected chi connectivity index (χ1v) is 9.00. The number of likely N-dealkylation sites (tertiary alicyclic amines) is 1. The van der Waals surface area contributed by atoms with Crippen LogP contribution < -0.4 is 5.32 Å². The predicted molar refractivity (Wildman–Crippen MR) is 97.0 cm³/mol. The summed E-state index contributed by atoms with van der Waals surface area (Å²) < 4.78 is 10.6. The molecule has 8 heteroatoms. The van der Waals surface area contributed by atoms with E-state index in [1.54, 1.807) is 31.4 Å². The molecule has 0 aromatic carbocycles. The molecule has 0 atom stereocenters. The molecule has 0 aliphatic carbocycles. The first kappa shape index (κ1) is 17.3. The minimum atomic E-state index is -0.228. The maximum atomic E-state index is 12.8. The molecule has 8 nitrogen and oxygen atoms in total. The molecular formula is C19H20N4O4. The van der Waals surface area contributed by atoms with E-state index in [9.17, 15) is 9.59 Å². The van der Waals surface area contributed by atoms with Crippen LogP contribution in [0, 0.1) is 6.92 Å². The minimum absolute atomic E-state index is 0.195. The van der Waals surface area contributed by atoms with Crippen LogP contribution in [0.15, 0.2) is 33.4 Å². The highest BCUT2D eigenvalue weighted by Crippen LogP contribution is 2.27. The van der Waals surface area contributed by atoms with Gasteiger partial charge in [-0.25, -0.2) is 4.98 Å². The van der Waals surface area contributed by atoms with Gasteiger partial charge in [0, 0.05) is 26.1 Å². The molecule has 4 rings (SSSR count). The van der Waals surface area contributed by atoms with E-state index in [2.05, 4.69) is 15.5 Å². The van der Waals surface area contributed by atoms with Crippen molar-refractivity contribution in [3.63, 3.8) is 0 Å². The molecule has 0 bridgehead atoms. The molecule has 1 N–H and O–H groups in total. The summed E-state index contributed by atoms with van der Waals surface area (Å²) in [5.74, 6) is 0.516. The van der Waals surface area contributed by atoms with Gasteiger partial charge in [-0.2, -0.15) is 0 Å². The minimum Gasteiger partial charge on any atom is -0.463 e. The molecule has 1 saturated heterocycles. The Balaban J connectivity index is 1.50. The van der Waals surface area contributed by atoms with E-state index >= 15 is 0 Å². The average molecular weight is 368 g/mol. The second-order valence-electron chi connectivity index (χ2n) is 6.57. The second kappa shape index (κ2) is 7.22. The van der Waals surface area contributed by atoms with Crippen molar-refractivity contribution in [3.05, 3.63) is 35.7 Å². The zero-order valence-corrected chi connectivity index (χ0v) is 15.0. The topological polar surface area (TPSA) is 101 Å². The Hall–Kier alpha value is -3.16. The fourth-order valence-electron chi connectivity index (χ4n) is 3.33. The molecule has 2 amide bonds. The Morgan fingerprint density at radius 3 is 3.04 bits per heavy atom. The van der Waals surface area contributed by atoms with Crippen molar-refractivity contribution in [2.45, 2.75) is 26.2 Å². The van der Waals surface area contributed by atoms with Crippen molar-refractivity contribution in [2.75, 3.05) is 19.6 Å². The lowest BCUT2D eigenvalue weighted by atomic mass is 10.1. The van der Waals surface area contributed by atoms with Gasteiger partial charge >= 0.3 is 0 Å². The number of fused-ring (bicyclic) bond motifs is 1. The summed E-state index contributed by atoms with van der Waals surface area (Å²) in [7, 11) is 0. The number of pyridine rings is 1. The van der Waals surface area contributed by atoms with Crippen LogP contribution >= 0.6 is 0 Å². The standard InChI is InChI=1S/C19H20N4O4/c1-12-17-13(18(25)20-7-4-9-23-8-2-6-16(23)24)11-14(15-5-3-10-26-15)21-19(17)27-22-12/h3,5,10-11H,2,4,6-9H2,1H3,(H,20,25). The van der Waals surface area contributed by atoms with Crippen molar-refractivity contribution in [2.24, 2.45) is 0 Å². The van der Waals surface area contributed by atoms with Crippen LogP contribution in [0.2, 0.25) is 0 Å². The number of carbonyl (C=O) groups is 2. The number of hydrogen-bond donors (Lipinski definition) is 1. The SMILES string of the molecule is Cc1noc2nc(-c3ccco3)cc(C(=O)NCCCN3CCCC3=O)c12. The highest BCUT2D eigenvalue weighted by molar-refractivity contribution is 6.06. The zero-order chi connectivity index (χ0) is 18.8. The number of aromatic nitrogens is 2. The quantitative estimate of drug-likeness (QED) is 0.671. The first-order valence-electron chi connectivity index (χ1n) is 9.00. The van der Waals surface area contributed by atoms with E-state index in [-0.39, 0.29) is 11.8 Å². The van der Waals surface area contributed by atoms with Crippen molar-refractivity contribution in [1.82, 2.24) is 20.4 Å². The van der Waals surface area contributed by atoms with Crippen molar-refractivity contribution < 1.29 is 18.5 Å². The lowest BCUT2D eigenvalue weighted by Crippen LogP contribution is -2.30. The van der Waals surface area contributed by atoms with Gasteiger partial charge in [0.2, 0.25) is 5.91 Å². The molecule has 1 aliphatic rings. The van der Waals surface area contributed by atoms with Crippen LogP contribution in [-0.4, -0.2) is 46.5 Å². The summed E-state index contributed by atoms with van der Waals surface area (Å²) >= 11 is 0. The number of aryl methyl sites for hydroxylation is 1. The average Bonchev–Trinajstić information content (AvgIpc) is 3.40. The van der Waals surface area contributed by atoms with E-state index < -0.39 is 0 Å². The molecule has 0 unspecified atom stereocenters. The second-order valence-corrected chi connectivity index (χ2v) is 6.57. The normalized spacial score (nSPS) is 14.3. The fraction of sp³-hybridized carbons (Fsp3) is 0.368. The Labute approximate surface area is 155 Å². The maximum Gasteiger partial charge on any atom is 0.259 e. The summed E-state index contributed by atoms with van der Waals surface area (Å²) in [6, 6.07) is 5.21. The van der Waals surface area contributed by atoms with Gasteiger partial charge in [0.25, 0.3) is 11.6 Å². The Bertz CT molecular complexity index is 977. The molecule has 0 saturated carbocycles. The molecule has 3 aromatic rings. The Morgan fingerprint density at radius 1 is 1.41 bits per heavy atom. The van der Waals surface area contributed by atoms with Crippen LogP contribution in [0.5, 0.6) is 0 Å². The largest absolute Gasteiger partial charge is 0.463 e. The maximum absolute atomic E-state index is 12.8. The molecule has 140 valence electrons. The number of amides is 2. The third-order valence-corrected chi connectivity index (χ3v) is 4.70. The number of hydrogen-bond acceptors (Lipinski definition) is 6. The van der Waals surface area contributed by atoms with E-state index in [1.807, 2.05) is 4.90 Å². The lowest BCUT2D eigenvalue weighted by Gasteiger charge is -2.15. The molecular weight excluding hydrogens is 348 g/mol. The first-order chi connectivity index (χ1) is 13.1. The summed E-state index contributed by atoms with van der Waals surface area (Å²) in [5, 5.41) is 7.44. The molecule has 0 spiro atoms. The zero-order valence-electron chi connectivity index (χ0n) is 15.0. The molecule has 1 aliphatic heterocycles. The van der Waals surface area contributed by atoms with E-state index in [1.165, 1.54) is 0 Å². The predicted octanol–water partition coefficient (Wildman–Crippen LogP) is 2.53. The third-order valence-electron chi connectivity index (χ3n) is 4.70. The summed E-state index contributed by atoms with van der Waals surface area (Å²) in [6.45, 7) is 3.72. The van der Waals surface area contributed by atoms with Gasteiger partial charge in [0.15, 0.2) is 5.76 Å². The third kappa shape index (κ3) is 3.42. The van der Waals surface area contributed by atoms with Gasteiger partial charge in [-0.3, -0.25) is 9.59 Å². The fourth-order valence-corrected chi connectivity index (χ4v) is 3.33. The van der Waals surface area contributed by atoms with Crippen molar-refractivity contribution >= 4 is 22.9 Å². The van der Waals surface area contributed by atoms with Crippen molar-refractivity contribution in [1.29, 1.82) is 0 Å². The van der Waals surface area contributed by atoms with E-state index in [0.717, 1.165) is 13.0 Å². The lowest BCUT2D eigenvalue weighted by molar-refractivity contribution is -0.127. The molecule has 27 heavy (non-hydrogen) atoms.